The first kappa shape index (κ1) is 42.0. The van der Waals surface area contributed by atoms with Crippen LogP contribution < -0.4 is 16.0 Å². The van der Waals surface area contributed by atoms with Crippen molar-refractivity contribution in [1.82, 2.24) is 61.9 Å². The topological polar surface area (TPSA) is 251 Å². The molecule has 0 fully saturated rings. The molecule has 63 heavy (non-hydrogen) atoms. The molecular formula is C44H36FN15O3. The van der Waals surface area contributed by atoms with E-state index in [9.17, 15) is 18.8 Å². The van der Waals surface area contributed by atoms with E-state index in [2.05, 4.69) is 77.8 Å². The molecule has 0 radical (unpaired) electrons. The number of amides is 3. The molecule has 0 saturated carbocycles. The Kier molecular flexibility index (Phi) is 13.5. The molecule has 9 rings (SSSR count). The van der Waals surface area contributed by atoms with Crippen LogP contribution in [0.2, 0.25) is 0 Å². The van der Waals surface area contributed by atoms with Crippen LogP contribution in [-0.2, 0) is 0 Å². The number of aromatic amines is 3. The first-order valence-electron chi connectivity index (χ1n) is 19.0. The number of benzene rings is 6. The number of aryl methyl sites for hydroxylation is 2. The fourth-order valence-corrected chi connectivity index (χ4v) is 5.69. The molecule has 0 aliphatic heterocycles. The van der Waals surface area contributed by atoms with Crippen LogP contribution in [0, 0.1) is 19.7 Å². The molecule has 0 spiro atoms. The molecule has 0 saturated heterocycles. The van der Waals surface area contributed by atoms with E-state index < -0.39 is 5.82 Å². The van der Waals surface area contributed by atoms with Crippen LogP contribution in [0.25, 0.3) is 34.2 Å². The maximum atomic E-state index is 13.5. The highest BCUT2D eigenvalue weighted by Gasteiger charge is 2.12. The second-order valence-electron chi connectivity index (χ2n) is 13.5. The minimum atomic E-state index is -0.478. The summed E-state index contributed by atoms with van der Waals surface area (Å²) in [4.78, 5) is 36.3. The zero-order valence-corrected chi connectivity index (χ0v) is 33.5. The number of aromatic nitrogens is 12. The average Bonchev–Trinajstić information content (AvgIpc) is 4.15. The number of tetrazole rings is 3. The third kappa shape index (κ3) is 11.5. The fraction of sp³-hybridized carbons (Fsp3) is 0.0455. The Bertz CT molecular complexity index is 2870. The van der Waals surface area contributed by atoms with Crippen LogP contribution in [-0.4, -0.2) is 79.6 Å². The maximum Gasteiger partial charge on any atom is 0.255 e. The zero-order chi connectivity index (χ0) is 44.0. The van der Waals surface area contributed by atoms with Gasteiger partial charge in [-0.2, -0.15) is 15.6 Å². The predicted octanol–water partition coefficient (Wildman–Crippen LogP) is 7.11. The minimum Gasteiger partial charge on any atom is -0.322 e. The Hall–Kier alpha value is -9.13. The number of hydrogen-bond acceptors (Lipinski definition) is 12. The molecule has 3 aromatic heterocycles. The van der Waals surface area contributed by atoms with Gasteiger partial charge in [-0.25, -0.2) is 4.39 Å². The smallest absolute Gasteiger partial charge is 0.255 e. The van der Waals surface area contributed by atoms with E-state index in [-0.39, 0.29) is 23.4 Å². The number of H-pyrrole nitrogens is 3. The number of para-hydroxylation sites is 1. The largest absolute Gasteiger partial charge is 0.322 e. The molecule has 3 heterocycles. The summed E-state index contributed by atoms with van der Waals surface area (Å²) in [6.45, 7) is 3.98. The van der Waals surface area contributed by atoms with Gasteiger partial charge in [-0.1, -0.05) is 78.4 Å². The number of halogens is 1. The van der Waals surface area contributed by atoms with Gasteiger partial charge in [0.05, 0.1) is 5.69 Å². The lowest BCUT2D eigenvalue weighted by atomic mass is 10.1. The standard InChI is InChI=1S/2C15H13N5O.C14H10FN5O/c1-10-2-8-13(9-3-10)16-15(21)12-6-4-11(5-7-12)14-17-19-20-18-14;1-10-3-2-4-13(9-10)16-15(21)12-7-5-11(6-8-12)14-17-19-20-18-14;15-11-3-1-2-4-12(11)16-14(21)10-7-5-9(6-8-10)13-17-19-20-18-13/h2*2-9H,1H3,(H,16,21)(H,17,18,19,20);1-8H,(H,16,21)(H,17,18,19,20). The molecule has 0 unspecified atom stereocenters. The van der Waals surface area contributed by atoms with Gasteiger partial charge in [0.25, 0.3) is 17.7 Å². The number of nitrogens with one attached hydrogen (secondary N) is 6. The Morgan fingerprint density at radius 3 is 1.29 bits per heavy atom. The fourth-order valence-electron chi connectivity index (χ4n) is 5.69. The van der Waals surface area contributed by atoms with Gasteiger partial charge in [-0.05, 0) is 108 Å². The molecule has 0 bridgehead atoms. The van der Waals surface area contributed by atoms with Gasteiger partial charge in [0.1, 0.15) is 5.82 Å². The third-order valence-electron chi connectivity index (χ3n) is 8.96. The molecule has 9 aromatic rings. The summed E-state index contributed by atoms with van der Waals surface area (Å²) >= 11 is 0. The third-order valence-corrected chi connectivity index (χ3v) is 8.96. The van der Waals surface area contributed by atoms with E-state index in [1.165, 1.54) is 12.1 Å². The van der Waals surface area contributed by atoms with Gasteiger partial charge in [0, 0.05) is 44.8 Å². The van der Waals surface area contributed by atoms with Crippen molar-refractivity contribution in [2.45, 2.75) is 13.8 Å². The van der Waals surface area contributed by atoms with Crippen LogP contribution >= 0.6 is 0 Å². The normalized spacial score (nSPS) is 10.3. The summed E-state index contributed by atoms with van der Waals surface area (Å²) in [5, 5.41) is 49.1. The van der Waals surface area contributed by atoms with Crippen molar-refractivity contribution in [1.29, 1.82) is 0 Å². The molecule has 312 valence electrons. The number of hydrogen-bond donors (Lipinski definition) is 6. The second kappa shape index (κ2) is 20.2. The monoisotopic (exact) mass is 841 g/mol. The van der Waals surface area contributed by atoms with E-state index in [1.54, 1.807) is 84.9 Å². The van der Waals surface area contributed by atoms with Crippen molar-refractivity contribution >= 4 is 34.8 Å². The minimum absolute atomic E-state index is 0.143. The van der Waals surface area contributed by atoms with Gasteiger partial charge in [-0.15, -0.1) is 30.6 Å². The Morgan fingerprint density at radius 1 is 0.444 bits per heavy atom. The average molecular weight is 842 g/mol. The molecule has 18 nitrogen and oxygen atoms in total. The number of anilines is 3. The van der Waals surface area contributed by atoms with E-state index >= 15 is 0 Å². The van der Waals surface area contributed by atoms with Gasteiger partial charge in [-0.3, -0.25) is 14.4 Å². The van der Waals surface area contributed by atoms with Crippen molar-refractivity contribution in [3.8, 4) is 34.2 Å². The van der Waals surface area contributed by atoms with E-state index in [1.807, 2.05) is 62.4 Å². The quantitative estimate of drug-likeness (QED) is 0.0851. The molecule has 6 aromatic carbocycles. The predicted molar refractivity (Wildman–Crippen MR) is 231 cm³/mol. The van der Waals surface area contributed by atoms with Crippen LogP contribution in [0.5, 0.6) is 0 Å². The van der Waals surface area contributed by atoms with Crippen LogP contribution in [0.4, 0.5) is 21.5 Å². The van der Waals surface area contributed by atoms with Crippen LogP contribution in [0.1, 0.15) is 42.2 Å². The van der Waals surface area contributed by atoms with Gasteiger partial charge >= 0.3 is 0 Å². The van der Waals surface area contributed by atoms with Crippen molar-refractivity contribution in [3.05, 3.63) is 179 Å². The molecule has 3 amide bonds. The number of rotatable bonds is 9. The highest BCUT2D eigenvalue weighted by molar-refractivity contribution is 6.05. The SMILES string of the molecule is Cc1ccc(NC(=O)c2ccc(-c3nn[nH]n3)cc2)cc1.Cc1cccc(NC(=O)c2ccc(-c3nn[nH]n3)cc2)c1.O=C(Nc1ccccc1F)c1ccc(-c2nn[nH]n2)cc1. The highest BCUT2D eigenvalue weighted by atomic mass is 19.1. The molecular weight excluding hydrogens is 806 g/mol. The van der Waals surface area contributed by atoms with Gasteiger partial charge in [0.15, 0.2) is 0 Å². The van der Waals surface area contributed by atoms with E-state index in [0.29, 0.717) is 34.2 Å². The van der Waals surface area contributed by atoms with Crippen LogP contribution in [0.15, 0.2) is 146 Å². The number of nitrogens with zero attached hydrogens (tertiary/aromatic N) is 9. The molecule has 6 N–H and O–H groups in total. The first-order valence-corrected chi connectivity index (χ1v) is 19.0. The Morgan fingerprint density at radius 2 is 0.873 bits per heavy atom. The lowest BCUT2D eigenvalue weighted by molar-refractivity contribution is 0.101. The summed E-state index contributed by atoms with van der Waals surface area (Å²) in [6, 6.07) is 42.0. The summed E-state index contributed by atoms with van der Waals surface area (Å²) in [5.41, 5.74) is 7.83. The Labute approximate surface area is 357 Å². The number of carbonyl (C=O) groups excluding carboxylic acids is 3. The Balaban J connectivity index is 0.000000142. The lowest BCUT2D eigenvalue weighted by Gasteiger charge is -2.06. The van der Waals surface area contributed by atoms with Crippen LogP contribution in [0.3, 0.4) is 0 Å². The van der Waals surface area contributed by atoms with Crippen molar-refractivity contribution in [2.75, 3.05) is 16.0 Å². The first-order chi connectivity index (χ1) is 30.7. The lowest BCUT2D eigenvalue weighted by Crippen LogP contribution is -2.12. The summed E-state index contributed by atoms with van der Waals surface area (Å²) in [5.74, 6) is 0.269. The second-order valence-corrected chi connectivity index (χ2v) is 13.5. The zero-order valence-electron chi connectivity index (χ0n) is 33.5. The highest BCUT2D eigenvalue weighted by Crippen LogP contribution is 2.19. The van der Waals surface area contributed by atoms with Gasteiger partial charge < -0.3 is 16.0 Å². The van der Waals surface area contributed by atoms with Crippen molar-refractivity contribution in [3.63, 3.8) is 0 Å². The van der Waals surface area contributed by atoms with E-state index in [4.69, 9.17) is 0 Å². The molecule has 0 aliphatic carbocycles. The van der Waals surface area contributed by atoms with Crippen molar-refractivity contribution in [2.24, 2.45) is 0 Å². The van der Waals surface area contributed by atoms with E-state index in [0.717, 1.165) is 39.2 Å². The van der Waals surface area contributed by atoms with Gasteiger partial charge in [0.2, 0.25) is 17.5 Å². The van der Waals surface area contributed by atoms with Crippen molar-refractivity contribution < 1.29 is 18.8 Å². The number of carbonyl (C=O) groups is 3. The summed E-state index contributed by atoms with van der Waals surface area (Å²) < 4.78 is 13.5. The maximum absolute atomic E-state index is 13.5. The summed E-state index contributed by atoms with van der Waals surface area (Å²) in [7, 11) is 0. The molecule has 0 atom stereocenters. The summed E-state index contributed by atoms with van der Waals surface area (Å²) in [6.07, 6.45) is 0. The molecule has 19 heteroatoms. The molecule has 0 aliphatic rings.